The number of alkyl halides is 2. The number of halogens is 2. The van der Waals surface area contributed by atoms with E-state index in [2.05, 4.69) is 5.10 Å². The summed E-state index contributed by atoms with van der Waals surface area (Å²) in [5, 5.41) is 24.1. The van der Waals surface area contributed by atoms with Crippen molar-refractivity contribution in [2.45, 2.75) is 12.5 Å². The van der Waals surface area contributed by atoms with Crippen molar-refractivity contribution in [2.24, 2.45) is 0 Å². The molecule has 1 aromatic rings. The SMILES string of the molecule is O=[N+]([O-])c1cn[nH]c1C(O)C(F)F. The second-order valence-electron chi connectivity index (χ2n) is 2.21. The number of rotatable bonds is 3. The average molecular weight is 193 g/mol. The molecule has 8 heteroatoms. The van der Waals surface area contributed by atoms with Gasteiger partial charge in [0.2, 0.25) is 0 Å². The Labute approximate surface area is 70.3 Å². The first-order valence-corrected chi connectivity index (χ1v) is 3.18. The zero-order valence-electron chi connectivity index (χ0n) is 6.15. The molecule has 1 heterocycles. The molecule has 0 aliphatic carbocycles. The fourth-order valence-corrected chi connectivity index (χ4v) is 0.779. The van der Waals surface area contributed by atoms with Crippen LogP contribution in [0.3, 0.4) is 0 Å². The Balaban J connectivity index is 3.00. The van der Waals surface area contributed by atoms with Crippen molar-refractivity contribution >= 4 is 5.69 Å². The van der Waals surface area contributed by atoms with Gasteiger partial charge in [-0.1, -0.05) is 0 Å². The summed E-state index contributed by atoms with van der Waals surface area (Å²) >= 11 is 0. The van der Waals surface area contributed by atoms with Crippen LogP contribution in [-0.2, 0) is 0 Å². The van der Waals surface area contributed by atoms with E-state index >= 15 is 0 Å². The highest BCUT2D eigenvalue weighted by molar-refractivity contribution is 5.33. The summed E-state index contributed by atoms with van der Waals surface area (Å²) in [5.74, 6) is 0. The summed E-state index contributed by atoms with van der Waals surface area (Å²) in [4.78, 5) is 9.30. The first-order chi connectivity index (χ1) is 6.04. The van der Waals surface area contributed by atoms with Crippen LogP contribution in [0.25, 0.3) is 0 Å². The van der Waals surface area contributed by atoms with Crippen molar-refractivity contribution in [3.63, 3.8) is 0 Å². The molecule has 1 atom stereocenters. The predicted octanol–water partition coefficient (Wildman–Crippen LogP) is 0.616. The number of hydrogen-bond acceptors (Lipinski definition) is 4. The van der Waals surface area contributed by atoms with Gasteiger partial charge in [-0.2, -0.15) is 5.10 Å². The molecule has 0 bridgehead atoms. The van der Waals surface area contributed by atoms with Crippen LogP contribution >= 0.6 is 0 Å². The predicted molar refractivity (Wildman–Crippen MR) is 36.2 cm³/mol. The van der Waals surface area contributed by atoms with Crippen molar-refractivity contribution in [3.8, 4) is 0 Å². The topological polar surface area (TPSA) is 92.0 Å². The van der Waals surface area contributed by atoms with Gasteiger partial charge in [-0.05, 0) is 0 Å². The lowest BCUT2D eigenvalue weighted by Crippen LogP contribution is -2.10. The molecular weight excluding hydrogens is 188 g/mol. The monoisotopic (exact) mass is 193 g/mol. The Hall–Kier alpha value is -1.57. The number of aliphatic hydroxyl groups excluding tert-OH is 1. The molecule has 6 nitrogen and oxygen atoms in total. The molecule has 72 valence electrons. The van der Waals surface area contributed by atoms with Crippen molar-refractivity contribution in [2.75, 3.05) is 0 Å². The summed E-state index contributed by atoms with van der Waals surface area (Å²) < 4.78 is 23.8. The Morgan fingerprint density at radius 2 is 2.31 bits per heavy atom. The molecule has 13 heavy (non-hydrogen) atoms. The first-order valence-electron chi connectivity index (χ1n) is 3.18. The Morgan fingerprint density at radius 1 is 1.69 bits per heavy atom. The van der Waals surface area contributed by atoms with E-state index in [0.29, 0.717) is 0 Å². The molecule has 0 radical (unpaired) electrons. The lowest BCUT2D eigenvalue weighted by atomic mass is 10.2. The van der Waals surface area contributed by atoms with Crippen molar-refractivity contribution < 1.29 is 18.8 Å². The summed E-state index contributed by atoms with van der Waals surface area (Å²) in [6.45, 7) is 0. The zero-order chi connectivity index (χ0) is 10.0. The summed E-state index contributed by atoms with van der Waals surface area (Å²) in [6, 6.07) is 0. The fourth-order valence-electron chi connectivity index (χ4n) is 0.779. The van der Waals surface area contributed by atoms with Gasteiger partial charge in [-0.25, -0.2) is 8.78 Å². The minimum Gasteiger partial charge on any atom is -0.381 e. The normalized spacial score (nSPS) is 13.2. The van der Waals surface area contributed by atoms with Gasteiger partial charge in [-0.3, -0.25) is 15.2 Å². The van der Waals surface area contributed by atoms with Gasteiger partial charge in [0.1, 0.15) is 11.9 Å². The summed E-state index contributed by atoms with van der Waals surface area (Å²) in [7, 11) is 0. The third-order valence-corrected chi connectivity index (χ3v) is 1.38. The Morgan fingerprint density at radius 3 is 2.77 bits per heavy atom. The second-order valence-corrected chi connectivity index (χ2v) is 2.21. The molecule has 0 amide bonds. The number of nitrogens with zero attached hydrogens (tertiary/aromatic N) is 2. The standard InChI is InChI=1S/C5H5F2N3O3/c6-5(7)4(11)3-2(10(12)13)1-8-9-3/h1,4-5,11H,(H,8,9). The van der Waals surface area contributed by atoms with E-state index in [1.807, 2.05) is 5.10 Å². The van der Waals surface area contributed by atoms with Crippen LogP contribution in [0, 0.1) is 10.1 Å². The molecule has 1 aromatic heterocycles. The van der Waals surface area contributed by atoms with E-state index in [9.17, 15) is 18.9 Å². The molecular formula is C5H5F2N3O3. The number of nitro groups is 1. The molecule has 0 saturated heterocycles. The van der Waals surface area contributed by atoms with Gasteiger partial charge >= 0.3 is 5.69 Å². The zero-order valence-corrected chi connectivity index (χ0v) is 6.15. The highest BCUT2D eigenvalue weighted by Gasteiger charge is 2.29. The fraction of sp³-hybridized carbons (Fsp3) is 0.400. The molecule has 0 aromatic carbocycles. The van der Waals surface area contributed by atoms with Crippen LogP contribution < -0.4 is 0 Å². The smallest absolute Gasteiger partial charge is 0.312 e. The number of H-pyrrole nitrogens is 1. The summed E-state index contributed by atoms with van der Waals surface area (Å²) in [6.07, 6.45) is -4.52. The van der Waals surface area contributed by atoms with E-state index in [0.717, 1.165) is 6.20 Å². The van der Waals surface area contributed by atoms with Crippen LogP contribution in [0.4, 0.5) is 14.5 Å². The van der Waals surface area contributed by atoms with Gasteiger partial charge in [0.05, 0.1) is 4.92 Å². The van der Waals surface area contributed by atoms with Gasteiger partial charge in [0, 0.05) is 0 Å². The Bertz CT molecular complexity index is 314. The van der Waals surface area contributed by atoms with Crippen molar-refractivity contribution in [1.82, 2.24) is 10.2 Å². The van der Waals surface area contributed by atoms with Crippen LogP contribution in [0.2, 0.25) is 0 Å². The van der Waals surface area contributed by atoms with Crippen LogP contribution in [0.1, 0.15) is 11.8 Å². The van der Waals surface area contributed by atoms with Crippen LogP contribution in [0.15, 0.2) is 6.20 Å². The van der Waals surface area contributed by atoms with E-state index < -0.39 is 28.8 Å². The molecule has 2 N–H and O–H groups in total. The minimum atomic E-state index is -3.08. The number of aromatic amines is 1. The molecule has 0 fully saturated rings. The maximum Gasteiger partial charge on any atom is 0.312 e. The van der Waals surface area contributed by atoms with Crippen molar-refractivity contribution in [3.05, 3.63) is 22.0 Å². The van der Waals surface area contributed by atoms with Crippen molar-refractivity contribution in [1.29, 1.82) is 0 Å². The summed E-state index contributed by atoms with van der Waals surface area (Å²) in [5.41, 5.74) is -1.23. The molecule has 0 aliphatic heterocycles. The number of aromatic nitrogens is 2. The van der Waals surface area contributed by atoms with E-state index in [1.54, 1.807) is 0 Å². The quantitative estimate of drug-likeness (QED) is 0.543. The van der Waals surface area contributed by atoms with Crippen LogP contribution in [0.5, 0.6) is 0 Å². The van der Waals surface area contributed by atoms with E-state index in [-0.39, 0.29) is 0 Å². The Kier molecular flexibility index (Phi) is 2.52. The minimum absolute atomic E-state index is 0.583. The third-order valence-electron chi connectivity index (χ3n) is 1.38. The molecule has 1 rings (SSSR count). The van der Waals surface area contributed by atoms with E-state index in [1.165, 1.54) is 0 Å². The van der Waals surface area contributed by atoms with Gasteiger partial charge in [0.15, 0.2) is 6.10 Å². The van der Waals surface area contributed by atoms with Gasteiger partial charge in [0.25, 0.3) is 6.43 Å². The highest BCUT2D eigenvalue weighted by Crippen LogP contribution is 2.26. The molecule has 0 aliphatic rings. The molecule has 0 saturated carbocycles. The maximum atomic E-state index is 11.9. The van der Waals surface area contributed by atoms with Gasteiger partial charge < -0.3 is 5.11 Å². The number of hydrogen-bond donors (Lipinski definition) is 2. The average Bonchev–Trinajstić information content (AvgIpc) is 2.50. The maximum absolute atomic E-state index is 11.9. The largest absolute Gasteiger partial charge is 0.381 e. The lowest BCUT2D eigenvalue weighted by Gasteiger charge is -2.04. The second kappa shape index (κ2) is 3.44. The van der Waals surface area contributed by atoms with Crippen LogP contribution in [-0.4, -0.2) is 26.7 Å². The molecule has 0 spiro atoms. The van der Waals surface area contributed by atoms with Gasteiger partial charge in [-0.15, -0.1) is 0 Å². The lowest BCUT2D eigenvalue weighted by molar-refractivity contribution is -0.386. The highest BCUT2D eigenvalue weighted by atomic mass is 19.3. The molecule has 1 unspecified atom stereocenters. The number of aliphatic hydroxyl groups is 1. The third kappa shape index (κ3) is 1.78. The first kappa shape index (κ1) is 9.52. The van der Waals surface area contributed by atoms with E-state index in [4.69, 9.17) is 5.11 Å². The number of nitrogens with one attached hydrogen (secondary N) is 1.